The summed E-state index contributed by atoms with van der Waals surface area (Å²) in [5.74, 6) is 0.388. The van der Waals surface area contributed by atoms with Crippen LogP contribution in [-0.4, -0.2) is 5.78 Å². The third-order valence-electron chi connectivity index (χ3n) is 3.20. The highest BCUT2D eigenvalue weighted by Crippen LogP contribution is 2.19. The van der Waals surface area contributed by atoms with Crippen molar-refractivity contribution in [1.82, 2.24) is 0 Å². The van der Waals surface area contributed by atoms with Crippen molar-refractivity contribution < 1.29 is 4.79 Å². The second kappa shape index (κ2) is 5.13. The Bertz CT molecular complexity index is 528. The Morgan fingerprint density at radius 1 is 1.12 bits per heavy atom. The molecule has 1 heteroatoms. The van der Waals surface area contributed by atoms with E-state index in [1.807, 2.05) is 37.3 Å². The maximum atomic E-state index is 12.2. The van der Waals surface area contributed by atoms with Crippen LogP contribution in [0.25, 0.3) is 10.8 Å². The van der Waals surface area contributed by atoms with Gasteiger partial charge in [-0.1, -0.05) is 56.7 Å². The third-order valence-corrected chi connectivity index (χ3v) is 3.20. The highest BCUT2D eigenvalue weighted by atomic mass is 16.1. The van der Waals surface area contributed by atoms with Gasteiger partial charge in [-0.25, -0.2) is 0 Å². The van der Waals surface area contributed by atoms with Crippen molar-refractivity contribution in [2.45, 2.75) is 26.7 Å². The molecule has 0 N–H and O–H groups in total. The quantitative estimate of drug-likeness (QED) is 0.703. The van der Waals surface area contributed by atoms with E-state index < -0.39 is 0 Å². The van der Waals surface area contributed by atoms with Gasteiger partial charge < -0.3 is 0 Å². The van der Waals surface area contributed by atoms with Gasteiger partial charge in [0, 0.05) is 11.5 Å². The second-order valence-electron chi connectivity index (χ2n) is 4.62. The number of ketones is 1. The largest absolute Gasteiger partial charge is 0.294 e. The summed E-state index contributed by atoms with van der Waals surface area (Å²) in [5, 5.41) is 2.33. The highest BCUT2D eigenvalue weighted by molar-refractivity contribution is 6.01. The first-order valence-corrected chi connectivity index (χ1v) is 6.25. The van der Waals surface area contributed by atoms with Crippen LogP contribution >= 0.6 is 0 Å². The fourth-order valence-electron chi connectivity index (χ4n) is 2.19. The number of hydrogen-bond donors (Lipinski definition) is 0. The summed E-state index contributed by atoms with van der Waals surface area (Å²) in [5.41, 5.74) is 0.838. The third kappa shape index (κ3) is 2.55. The predicted octanol–water partition coefficient (Wildman–Crippen LogP) is 4.46. The minimum absolute atomic E-state index is 0.126. The molecule has 0 amide bonds. The lowest BCUT2D eigenvalue weighted by Gasteiger charge is -2.09. The molecule has 0 aliphatic rings. The molecule has 1 atom stereocenters. The topological polar surface area (TPSA) is 17.1 Å². The van der Waals surface area contributed by atoms with Crippen LogP contribution in [0.4, 0.5) is 0 Å². The van der Waals surface area contributed by atoms with Crippen molar-refractivity contribution in [2.24, 2.45) is 5.92 Å². The summed E-state index contributed by atoms with van der Waals surface area (Å²) in [6, 6.07) is 14.1. The average Bonchev–Trinajstić information content (AvgIpc) is 2.37. The van der Waals surface area contributed by atoms with Crippen molar-refractivity contribution in [3.05, 3.63) is 48.0 Å². The Morgan fingerprint density at radius 3 is 2.53 bits per heavy atom. The lowest BCUT2D eigenvalue weighted by atomic mass is 9.94. The van der Waals surface area contributed by atoms with Gasteiger partial charge in [0.15, 0.2) is 5.78 Å². The van der Waals surface area contributed by atoms with Crippen molar-refractivity contribution >= 4 is 16.6 Å². The minimum atomic E-state index is 0.126. The molecule has 17 heavy (non-hydrogen) atoms. The van der Waals surface area contributed by atoms with Gasteiger partial charge in [0.05, 0.1) is 0 Å². The van der Waals surface area contributed by atoms with Crippen LogP contribution in [0.1, 0.15) is 37.0 Å². The van der Waals surface area contributed by atoms with Gasteiger partial charge >= 0.3 is 0 Å². The smallest absolute Gasteiger partial charge is 0.165 e. The summed E-state index contributed by atoms with van der Waals surface area (Å²) in [6.45, 7) is 4.13. The molecule has 2 aromatic carbocycles. The van der Waals surface area contributed by atoms with Crippen LogP contribution in [0.3, 0.4) is 0 Å². The van der Waals surface area contributed by atoms with Crippen LogP contribution in [0.15, 0.2) is 42.5 Å². The van der Waals surface area contributed by atoms with E-state index in [1.165, 1.54) is 5.39 Å². The van der Waals surface area contributed by atoms with E-state index in [2.05, 4.69) is 19.1 Å². The zero-order valence-corrected chi connectivity index (χ0v) is 10.4. The molecule has 1 unspecified atom stereocenters. The Labute approximate surface area is 102 Å². The van der Waals surface area contributed by atoms with E-state index in [1.54, 1.807) is 0 Å². The lowest BCUT2D eigenvalue weighted by molar-refractivity contribution is 0.0923. The van der Waals surface area contributed by atoms with Crippen molar-refractivity contribution in [1.29, 1.82) is 0 Å². The number of carbonyl (C=O) groups excluding carboxylic acids is 1. The van der Waals surface area contributed by atoms with E-state index >= 15 is 0 Å². The zero-order valence-electron chi connectivity index (χ0n) is 10.4. The Balaban J connectivity index is 2.33. The highest BCUT2D eigenvalue weighted by Gasteiger charge is 2.14. The van der Waals surface area contributed by atoms with Gasteiger partial charge in [0.1, 0.15) is 0 Å². The Morgan fingerprint density at radius 2 is 1.82 bits per heavy atom. The molecule has 0 radical (unpaired) electrons. The normalized spacial score (nSPS) is 12.6. The number of benzene rings is 2. The van der Waals surface area contributed by atoms with Crippen LogP contribution in [0, 0.1) is 5.92 Å². The van der Waals surface area contributed by atoms with E-state index in [4.69, 9.17) is 0 Å². The number of Topliss-reactive ketones (excluding diaryl/α,β-unsaturated/α-hetero) is 1. The number of hydrogen-bond acceptors (Lipinski definition) is 1. The van der Waals surface area contributed by atoms with Gasteiger partial charge in [-0.05, 0) is 23.3 Å². The molecule has 0 saturated heterocycles. The number of fused-ring (bicyclic) bond motifs is 1. The molecule has 0 saturated carbocycles. The first-order valence-electron chi connectivity index (χ1n) is 6.25. The van der Waals surface area contributed by atoms with Gasteiger partial charge in [-0.15, -0.1) is 0 Å². The SMILES string of the molecule is CCCC(C)C(=O)c1ccc2ccccc2c1. The van der Waals surface area contributed by atoms with E-state index in [0.29, 0.717) is 0 Å². The molecular weight excluding hydrogens is 208 g/mol. The molecule has 0 fully saturated rings. The summed E-state index contributed by atoms with van der Waals surface area (Å²) in [6.07, 6.45) is 2.02. The van der Waals surface area contributed by atoms with E-state index in [0.717, 1.165) is 23.8 Å². The summed E-state index contributed by atoms with van der Waals surface area (Å²) < 4.78 is 0. The second-order valence-corrected chi connectivity index (χ2v) is 4.62. The maximum absolute atomic E-state index is 12.2. The van der Waals surface area contributed by atoms with E-state index in [-0.39, 0.29) is 11.7 Å². The standard InChI is InChI=1S/C16H18O/c1-3-6-12(2)16(17)15-10-9-13-7-4-5-8-14(13)11-15/h4-5,7-12H,3,6H2,1-2H3. The van der Waals surface area contributed by atoms with Crippen LogP contribution in [0.2, 0.25) is 0 Å². The van der Waals surface area contributed by atoms with Crippen molar-refractivity contribution in [3.63, 3.8) is 0 Å². The molecule has 2 rings (SSSR count). The van der Waals surface area contributed by atoms with Gasteiger partial charge in [0.25, 0.3) is 0 Å². The molecule has 0 aliphatic carbocycles. The first-order chi connectivity index (χ1) is 8.22. The number of carbonyl (C=O) groups is 1. The lowest BCUT2D eigenvalue weighted by Crippen LogP contribution is -2.10. The summed E-state index contributed by atoms with van der Waals surface area (Å²) in [4.78, 5) is 12.2. The van der Waals surface area contributed by atoms with Crippen molar-refractivity contribution in [3.8, 4) is 0 Å². The maximum Gasteiger partial charge on any atom is 0.165 e. The first kappa shape index (κ1) is 11.8. The Kier molecular flexibility index (Phi) is 3.58. The average molecular weight is 226 g/mol. The van der Waals surface area contributed by atoms with Crippen LogP contribution in [0.5, 0.6) is 0 Å². The van der Waals surface area contributed by atoms with Gasteiger partial charge in [-0.3, -0.25) is 4.79 Å². The molecule has 88 valence electrons. The Hall–Kier alpha value is -1.63. The molecule has 0 aliphatic heterocycles. The van der Waals surface area contributed by atoms with E-state index in [9.17, 15) is 4.79 Å². The monoisotopic (exact) mass is 226 g/mol. The minimum Gasteiger partial charge on any atom is -0.294 e. The fraction of sp³-hybridized carbons (Fsp3) is 0.312. The molecule has 0 bridgehead atoms. The predicted molar refractivity (Wildman–Crippen MR) is 72.4 cm³/mol. The molecule has 0 aromatic heterocycles. The fourth-order valence-corrected chi connectivity index (χ4v) is 2.19. The molecule has 2 aromatic rings. The summed E-state index contributed by atoms with van der Waals surface area (Å²) in [7, 11) is 0. The zero-order chi connectivity index (χ0) is 12.3. The van der Waals surface area contributed by atoms with Crippen LogP contribution < -0.4 is 0 Å². The van der Waals surface area contributed by atoms with Gasteiger partial charge in [-0.2, -0.15) is 0 Å². The molecule has 0 spiro atoms. The number of rotatable bonds is 4. The molecule has 1 nitrogen and oxygen atoms in total. The molecule has 0 heterocycles. The molecular formula is C16H18O. The van der Waals surface area contributed by atoms with Crippen molar-refractivity contribution in [2.75, 3.05) is 0 Å². The summed E-state index contributed by atoms with van der Waals surface area (Å²) >= 11 is 0. The van der Waals surface area contributed by atoms with Crippen LogP contribution in [-0.2, 0) is 0 Å². The van der Waals surface area contributed by atoms with Gasteiger partial charge in [0.2, 0.25) is 0 Å².